The van der Waals surface area contributed by atoms with Crippen LogP contribution < -0.4 is 20.1 Å². The maximum atomic E-state index is 12.4. The Hall–Kier alpha value is -1.75. The Kier molecular flexibility index (Phi) is 4.01. The van der Waals surface area contributed by atoms with Crippen LogP contribution in [0.25, 0.3) is 0 Å². The van der Waals surface area contributed by atoms with Gasteiger partial charge in [0.15, 0.2) is 11.5 Å². The molecule has 0 bridgehead atoms. The van der Waals surface area contributed by atoms with E-state index in [1.807, 2.05) is 24.3 Å². The Morgan fingerprint density at radius 3 is 2.95 bits per heavy atom. The van der Waals surface area contributed by atoms with Gasteiger partial charge in [0.05, 0.1) is 12.0 Å². The van der Waals surface area contributed by atoms with Crippen molar-refractivity contribution in [1.82, 2.24) is 10.6 Å². The van der Waals surface area contributed by atoms with Gasteiger partial charge in [-0.3, -0.25) is 4.79 Å². The highest BCUT2D eigenvalue weighted by Gasteiger charge is 2.39. The van der Waals surface area contributed by atoms with Crippen molar-refractivity contribution in [2.45, 2.75) is 25.9 Å². The minimum atomic E-state index is -0.257. The number of benzene rings is 1. The predicted octanol–water partition coefficient (Wildman–Crippen LogP) is 1.33. The highest BCUT2D eigenvalue weighted by atomic mass is 16.6. The van der Waals surface area contributed by atoms with Crippen molar-refractivity contribution >= 4 is 5.91 Å². The lowest BCUT2D eigenvalue weighted by molar-refractivity contribution is -0.130. The number of hydrogen-bond donors (Lipinski definition) is 2. The molecule has 2 aliphatic rings. The van der Waals surface area contributed by atoms with Gasteiger partial charge in [0.25, 0.3) is 0 Å². The minimum absolute atomic E-state index is 0.123. The Morgan fingerprint density at radius 2 is 2.24 bits per heavy atom. The number of ether oxygens (including phenoxy) is 2. The molecule has 114 valence electrons. The molecule has 2 aliphatic heterocycles. The number of amides is 1. The lowest BCUT2D eigenvalue weighted by atomic mass is 9.83. The average molecular weight is 290 g/mol. The van der Waals surface area contributed by atoms with Crippen molar-refractivity contribution in [1.29, 1.82) is 0 Å². The quantitative estimate of drug-likeness (QED) is 0.878. The van der Waals surface area contributed by atoms with E-state index in [0.717, 1.165) is 37.4 Å². The Balaban J connectivity index is 1.55. The molecule has 0 radical (unpaired) electrons. The van der Waals surface area contributed by atoms with Crippen LogP contribution in [0.1, 0.15) is 19.8 Å². The summed E-state index contributed by atoms with van der Waals surface area (Å²) in [6.07, 6.45) is 1.63. The Labute approximate surface area is 125 Å². The van der Waals surface area contributed by atoms with Crippen LogP contribution in [0.2, 0.25) is 0 Å². The standard InChI is InChI=1S/C16H22N2O3/c1-2-16(7-8-17-11-16)15(19)18-9-12-10-20-13-5-3-4-6-14(13)21-12/h3-6,12,17H,2,7-11H2,1H3,(H,18,19). The van der Waals surface area contributed by atoms with Crippen LogP contribution in [0, 0.1) is 5.41 Å². The van der Waals surface area contributed by atoms with E-state index in [1.165, 1.54) is 0 Å². The summed E-state index contributed by atoms with van der Waals surface area (Å²) in [7, 11) is 0. The summed E-state index contributed by atoms with van der Waals surface area (Å²) in [5.74, 6) is 1.64. The molecular formula is C16H22N2O3. The van der Waals surface area contributed by atoms with E-state index in [-0.39, 0.29) is 17.4 Å². The highest BCUT2D eigenvalue weighted by molar-refractivity contribution is 5.83. The van der Waals surface area contributed by atoms with Crippen molar-refractivity contribution in [2.24, 2.45) is 5.41 Å². The summed E-state index contributed by atoms with van der Waals surface area (Å²) in [6.45, 7) is 4.70. The van der Waals surface area contributed by atoms with Crippen LogP contribution in [-0.4, -0.2) is 38.3 Å². The summed E-state index contributed by atoms with van der Waals surface area (Å²) in [6, 6.07) is 7.61. The fourth-order valence-electron chi connectivity index (χ4n) is 2.96. The van der Waals surface area contributed by atoms with Gasteiger partial charge in [0.1, 0.15) is 12.7 Å². The van der Waals surface area contributed by atoms with Crippen LogP contribution in [0.4, 0.5) is 0 Å². The van der Waals surface area contributed by atoms with Gasteiger partial charge in [-0.1, -0.05) is 19.1 Å². The molecule has 2 N–H and O–H groups in total. The molecule has 1 aromatic carbocycles. The molecular weight excluding hydrogens is 268 g/mol. The molecule has 2 atom stereocenters. The largest absolute Gasteiger partial charge is 0.486 e. The van der Waals surface area contributed by atoms with Crippen molar-refractivity contribution < 1.29 is 14.3 Å². The molecule has 1 aromatic rings. The van der Waals surface area contributed by atoms with Gasteiger partial charge < -0.3 is 20.1 Å². The van der Waals surface area contributed by atoms with E-state index >= 15 is 0 Å². The van der Waals surface area contributed by atoms with E-state index in [2.05, 4.69) is 17.6 Å². The number of carbonyl (C=O) groups excluding carboxylic acids is 1. The summed E-state index contributed by atoms with van der Waals surface area (Å²) in [5, 5.41) is 6.31. The van der Waals surface area contributed by atoms with Crippen LogP contribution in [0.3, 0.4) is 0 Å². The monoisotopic (exact) mass is 290 g/mol. The molecule has 5 heteroatoms. The van der Waals surface area contributed by atoms with E-state index in [1.54, 1.807) is 0 Å². The lowest BCUT2D eigenvalue weighted by Gasteiger charge is -2.29. The number of rotatable bonds is 4. The third-order valence-corrected chi connectivity index (χ3v) is 4.46. The number of carbonyl (C=O) groups is 1. The van der Waals surface area contributed by atoms with Crippen molar-refractivity contribution in [2.75, 3.05) is 26.2 Å². The molecule has 5 nitrogen and oxygen atoms in total. The minimum Gasteiger partial charge on any atom is -0.486 e. The second kappa shape index (κ2) is 5.93. The van der Waals surface area contributed by atoms with Gasteiger partial charge in [0, 0.05) is 6.54 Å². The van der Waals surface area contributed by atoms with E-state index in [0.29, 0.717) is 13.2 Å². The van der Waals surface area contributed by atoms with Crippen LogP contribution in [0.15, 0.2) is 24.3 Å². The maximum Gasteiger partial charge on any atom is 0.227 e. The number of para-hydroxylation sites is 2. The molecule has 2 heterocycles. The summed E-state index contributed by atoms with van der Waals surface area (Å²) < 4.78 is 11.5. The molecule has 1 fully saturated rings. The van der Waals surface area contributed by atoms with E-state index in [9.17, 15) is 4.79 Å². The van der Waals surface area contributed by atoms with Crippen molar-refractivity contribution in [3.63, 3.8) is 0 Å². The summed E-state index contributed by atoms with van der Waals surface area (Å²) in [5.41, 5.74) is -0.257. The molecule has 0 saturated carbocycles. The molecule has 2 unspecified atom stereocenters. The second-order valence-electron chi connectivity index (χ2n) is 5.77. The fraction of sp³-hybridized carbons (Fsp3) is 0.562. The third kappa shape index (κ3) is 2.83. The predicted molar refractivity (Wildman–Crippen MR) is 79.6 cm³/mol. The molecule has 21 heavy (non-hydrogen) atoms. The van der Waals surface area contributed by atoms with Crippen LogP contribution in [0.5, 0.6) is 11.5 Å². The maximum absolute atomic E-state index is 12.4. The van der Waals surface area contributed by atoms with E-state index < -0.39 is 0 Å². The zero-order valence-corrected chi connectivity index (χ0v) is 12.4. The zero-order valence-electron chi connectivity index (χ0n) is 12.4. The van der Waals surface area contributed by atoms with Gasteiger partial charge in [-0.25, -0.2) is 0 Å². The SMILES string of the molecule is CCC1(C(=O)NCC2COc3ccccc3O2)CCNC1. The first-order valence-electron chi connectivity index (χ1n) is 7.61. The summed E-state index contributed by atoms with van der Waals surface area (Å²) in [4.78, 5) is 12.4. The van der Waals surface area contributed by atoms with Crippen LogP contribution in [-0.2, 0) is 4.79 Å². The molecule has 0 spiro atoms. The van der Waals surface area contributed by atoms with Gasteiger partial charge in [-0.05, 0) is 31.5 Å². The smallest absolute Gasteiger partial charge is 0.227 e. The number of fused-ring (bicyclic) bond motifs is 1. The van der Waals surface area contributed by atoms with Crippen molar-refractivity contribution in [3.8, 4) is 11.5 Å². The number of nitrogens with one attached hydrogen (secondary N) is 2. The zero-order chi connectivity index (χ0) is 14.7. The molecule has 0 aliphatic carbocycles. The first kappa shape index (κ1) is 14.2. The molecule has 3 rings (SSSR count). The first-order chi connectivity index (χ1) is 10.2. The first-order valence-corrected chi connectivity index (χ1v) is 7.61. The van der Waals surface area contributed by atoms with E-state index in [4.69, 9.17) is 9.47 Å². The molecule has 0 aromatic heterocycles. The van der Waals surface area contributed by atoms with Crippen molar-refractivity contribution in [3.05, 3.63) is 24.3 Å². The average Bonchev–Trinajstić information content (AvgIpc) is 3.02. The summed E-state index contributed by atoms with van der Waals surface area (Å²) >= 11 is 0. The Morgan fingerprint density at radius 1 is 1.43 bits per heavy atom. The normalized spacial score (nSPS) is 27.4. The van der Waals surface area contributed by atoms with Crippen LogP contribution >= 0.6 is 0 Å². The van der Waals surface area contributed by atoms with Gasteiger partial charge in [-0.2, -0.15) is 0 Å². The number of hydrogen-bond acceptors (Lipinski definition) is 4. The Bertz CT molecular complexity index is 512. The molecule has 1 amide bonds. The van der Waals surface area contributed by atoms with Gasteiger partial charge in [0.2, 0.25) is 5.91 Å². The highest BCUT2D eigenvalue weighted by Crippen LogP contribution is 2.31. The third-order valence-electron chi connectivity index (χ3n) is 4.46. The van der Waals surface area contributed by atoms with Gasteiger partial charge in [-0.15, -0.1) is 0 Å². The topological polar surface area (TPSA) is 59.6 Å². The second-order valence-corrected chi connectivity index (χ2v) is 5.77. The molecule has 1 saturated heterocycles. The lowest BCUT2D eigenvalue weighted by Crippen LogP contribution is -2.47. The fourth-order valence-corrected chi connectivity index (χ4v) is 2.96. The van der Waals surface area contributed by atoms with Gasteiger partial charge >= 0.3 is 0 Å².